The first-order valence-electron chi connectivity index (χ1n) is 3.60. The minimum Gasteiger partial charge on any atom is -0.179 e. The van der Waals surface area contributed by atoms with Crippen LogP contribution < -0.4 is 0 Å². The van der Waals surface area contributed by atoms with E-state index in [1.54, 1.807) is 0 Å². The van der Waals surface area contributed by atoms with E-state index in [0.717, 1.165) is 17.6 Å². The molecule has 0 N–H and O–H groups in total. The van der Waals surface area contributed by atoms with Crippen molar-refractivity contribution in [3.8, 4) is 0 Å². The first-order valence-corrected chi connectivity index (χ1v) is 4.23. The Morgan fingerprint density at radius 3 is 2.89 bits per heavy atom. The molecule has 0 saturated heterocycles. The van der Waals surface area contributed by atoms with Gasteiger partial charge in [-0.2, -0.15) is 12.6 Å². The van der Waals surface area contributed by atoms with E-state index in [0.29, 0.717) is 0 Å². The summed E-state index contributed by atoms with van der Waals surface area (Å²) >= 11 is 4.27. The molecule has 1 rings (SSSR count). The summed E-state index contributed by atoms with van der Waals surface area (Å²) in [5.74, 6) is 2.68. The molecule has 0 radical (unpaired) electrons. The largest absolute Gasteiger partial charge is 0.179 e. The van der Waals surface area contributed by atoms with Gasteiger partial charge in [0.15, 0.2) is 0 Å². The summed E-state index contributed by atoms with van der Waals surface area (Å²) in [6, 6.07) is 0. The topological polar surface area (TPSA) is 0 Å². The fourth-order valence-electron chi connectivity index (χ4n) is 1.35. The molecular formula is C8H14S. The van der Waals surface area contributed by atoms with Crippen molar-refractivity contribution in [1.29, 1.82) is 0 Å². The van der Waals surface area contributed by atoms with Gasteiger partial charge in [-0.15, -0.1) is 0 Å². The zero-order valence-electron chi connectivity index (χ0n) is 5.88. The lowest BCUT2D eigenvalue weighted by Crippen LogP contribution is -2.09. The average molecular weight is 142 g/mol. The van der Waals surface area contributed by atoms with Gasteiger partial charge >= 0.3 is 0 Å². The van der Waals surface area contributed by atoms with Crippen LogP contribution in [0.25, 0.3) is 0 Å². The molecular weight excluding hydrogens is 128 g/mol. The molecule has 1 aliphatic rings. The van der Waals surface area contributed by atoms with Crippen molar-refractivity contribution >= 4 is 12.6 Å². The Morgan fingerprint density at radius 2 is 2.44 bits per heavy atom. The predicted molar refractivity (Wildman–Crippen MR) is 44.9 cm³/mol. The molecule has 0 aliphatic heterocycles. The normalized spacial score (nSPS) is 34.9. The van der Waals surface area contributed by atoms with Crippen LogP contribution in [0.15, 0.2) is 12.2 Å². The quantitative estimate of drug-likeness (QED) is 0.422. The van der Waals surface area contributed by atoms with Crippen LogP contribution in [0.1, 0.15) is 19.8 Å². The smallest absolute Gasteiger partial charge is 0.00663 e. The van der Waals surface area contributed by atoms with Gasteiger partial charge in [-0.3, -0.25) is 0 Å². The maximum absolute atomic E-state index is 4.27. The molecule has 0 saturated carbocycles. The number of rotatable bonds is 1. The Labute approximate surface area is 62.8 Å². The van der Waals surface area contributed by atoms with Gasteiger partial charge in [0.1, 0.15) is 0 Å². The molecule has 0 aromatic heterocycles. The summed E-state index contributed by atoms with van der Waals surface area (Å²) in [5, 5.41) is 0. The maximum Gasteiger partial charge on any atom is -0.00663 e. The highest BCUT2D eigenvalue weighted by atomic mass is 32.1. The van der Waals surface area contributed by atoms with Crippen molar-refractivity contribution in [3.63, 3.8) is 0 Å². The monoisotopic (exact) mass is 142 g/mol. The van der Waals surface area contributed by atoms with E-state index in [9.17, 15) is 0 Å². The highest BCUT2D eigenvalue weighted by molar-refractivity contribution is 7.80. The van der Waals surface area contributed by atoms with E-state index in [4.69, 9.17) is 0 Å². The summed E-state index contributed by atoms with van der Waals surface area (Å²) in [6.07, 6.45) is 7.17. The summed E-state index contributed by atoms with van der Waals surface area (Å²) < 4.78 is 0. The summed E-state index contributed by atoms with van der Waals surface area (Å²) in [4.78, 5) is 0. The van der Waals surface area contributed by atoms with Crippen LogP contribution in [0.2, 0.25) is 0 Å². The first kappa shape index (κ1) is 7.20. The minimum absolute atomic E-state index is 0.788. The Balaban J connectivity index is 2.38. The summed E-state index contributed by atoms with van der Waals surface area (Å²) in [7, 11) is 0. The zero-order chi connectivity index (χ0) is 6.69. The minimum atomic E-state index is 0.788. The lowest BCUT2D eigenvalue weighted by molar-refractivity contribution is 0.456. The number of allylic oxidation sites excluding steroid dienone is 2. The molecule has 52 valence electrons. The van der Waals surface area contributed by atoms with E-state index in [1.807, 2.05) is 0 Å². The van der Waals surface area contributed by atoms with Crippen molar-refractivity contribution in [2.75, 3.05) is 5.75 Å². The molecule has 9 heavy (non-hydrogen) atoms. The van der Waals surface area contributed by atoms with Crippen LogP contribution in [0.5, 0.6) is 0 Å². The second kappa shape index (κ2) is 3.31. The number of thiol groups is 1. The van der Waals surface area contributed by atoms with Gasteiger partial charge in [0.05, 0.1) is 0 Å². The standard InChI is InChI=1S/C8H14S/c1-7-3-2-4-8(5-7)6-9/h2-3,7-9H,4-6H2,1H3. The first-order chi connectivity index (χ1) is 4.33. The van der Waals surface area contributed by atoms with E-state index >= 15 is 0 Å². The van der Waals surface area contributed by atoms with Crippen LogP contribution >= 0.6 is 12.6 Å². The van der Waals surface area contributed by atoms with Gasteiger partial charge in [0, 0.05) is 0 Å². The SMILES string of the molecule is CC1C=CCC(CS)C1. The molecule has 0 aromatic rings. The molecule has 0 amide bonds. The van der Waals surface area contributed by atoms with Crippen LogP contribution in [0, 0.1) is 11.8 Å². The predicted octanol–water partition coefficient (Wildman–Crippen LogP) is 2.52. The molecule has 0 fully saturated rings. The second-order valence-electron chi connectivity index (χ2n) is 2.93. The van der Waals surface area contributed by atoms with E-state index in [1.165, 1.54) is 12.8 Å². The lowest BCUT2D eigenvalue weighted by atomic mass is 9.89. The van der Waals surface area contributed by atoms with Gasteiger partial charge in [-0.05, 0) is 30.4 Å². The van der Waals surface area contributed by atoms with Crippen molar-refractivity contribution in [2.45, 2.75) is 19.8 Å². The van der Waals surface area contributed by atoms with Crippen LogP contribution in [-0.4, -0.2) is 5.75 Å². The Kier molecular flexibility index (Phi) is 2.65. The third kappa shape index (κ3) is 2.05. The van der Waals surface area contributed by atoms with Crippen molar-refractivity contribution < 1.29 is 0 Å². The molecule has 0 aromatic carbocycles. The van der Waals surface area contributed by atoms with Gasteiger partial charge < -0.3 is 0 Å². The van der Waals surface area contributed by atoms with E-state index < -0.39 is 0 Å². The maximum atomic E-state index is 4.27. The lowest BCUT2D eigenvalue weighted by Gasteiger charge is -2.19. The van der Waals surface area contributed by atoms with Gasteiger partial charge in [0.2, 0.25) is 0 Å². The number of hydrogen-bond donors (Lipinski definition) is 1. The van der Waals surface area contributed by atoms with Crippen molar-refractivity contribution in [3.05, 3.63) is 12.2 Å². The number of hydrogen-bond acceptors (Lipinski definition) is 1. The molecule has 0 nitrogen and oxygen atoms in total. The molecule has 1 heteroatoms. The third-order valence-electron chi connectivity index (χ3n) is 1.90. The van der Waals surface area contributed by atoms with Crippen molar-refractivity contribution in [2.24, 2.45) is 11.8 Å². The molecule has 1 aliphatic carbocycles. The second-order valence-corrected chi connectivity index (χ2v) is 3.29. The van der Waals surface area contributed by atoms with Crippen LogP contribution in [-0.2, 0) is 0 Å². The highest BCUT2D eigenvalue weighted by Gasteiger charge is 2.11. The zero-order valence-corrected chi connectivity index (χ0v) is 6.77. The van der Waals surface area contributed by atoms with Crippen molar-refractivity contribution in [1.82, 2.24) is 0 Å². The average Bonchev–Trinajstić information content (AvgIpc) is 1.88. The van der Waals surface area contributed by atoms with Gasteiger partial charge in [-0.25, -0.2) is 0 Å². The molecule has 2 unspecified atom stereocenters. The summed E-state index contributed by atoms with van der Waals surface area (Å²) in [6.45, 7) is 2.27. The fraction of sp³-hybridized carbons (Fsp3) is 0.750. The van der Waals surface area contributed by atoms with Crippen LogP contribution in [0.3, 0.4) is 0 Å². The molecule has 0 bridgehead atoms. The van der Waals surface area contributed by atoms with Gasteiger partial charge in [0.25, 0.3) is 0 Å². The highest BCUT2D eigenvalue weighted by Crippen LogP contribution is 2.23. The molecule has 2 atom stereocenters. The fourth-order valence-corrected chi connectivity index (χ4v) is 1.65. The third-order valence-corrected chi connectivity index (χ3v) is 2.41. The Hall–Kier alpha value is 0.0900. The molecule has 0 heterocycles. The van der Waals surface area contributed by atoms with Gasteiger partial charge in [-0.1, -0.05) is 19.1 Å². The summed E-state index contributed by atoms with van der Waals surface area (Å²) in [5.41, 5.74) is 0. The van der Waals surface area contributed by atoms with E-state index in [2.05, 4.69) is 31.7 Å². The Bertz CT molecular complexity index is 107. The Morgan fingerprint density at radius 1 is 1.67 bits per heavy atom. The van der Waals surface area contributed by atoms with E-state index in [-0.39, 0.29) is 0 Å². The molecule has 0 spiro atoms. The van der Waals surface area contributed by atoms with Crippen LogP contribution in [0.4, 0.5) is 0 Å².